The SMILES string of the molecule is O=C(C[C@H](c1ccccc1)C(F)(F)F)N1CC[C@@](O)(Cn2cnc(-c3ccccc3)cc2=O)C2(CCCC2)C1. The lowest BCUT2D eigenvalue weighted by atomic mass is 9.65. The number of aromatic nitrogens is 2. The zero-order chi connectivity index (χ0) is 27.7. The average Bonchev–Trinajstić information content (AvgIpc) is 3.40. The van der Waals surface area contributed by atoms with Gasteiger partial charge in [-0.3, -0.25) is 14.2 Å². The molecule has 1 aromatic heterocycles. The standard InChI is InChI=1S/C30H32F3N3O3/c31-30(32,33)24(22-9-3-1-4-10-22)17-26(37)35-16-15-29(39,28(19-35)13-7-8-14-28)20-36-21-34-25(18-27(36)38)23-11-5-2-6-12-23/h1-6,9-12,18,21,24,39H,7-8,13-17,19-20H2/t24-,29-/m1/s1. The van der Waals surface area contributed by atoms with Gasteiger partial charge in [0, 0.05) is 36.6 Å². The summed E-state index contributed by atoms with van der Waals surface area (Å²) in [5, 5.41) is 12.0. The number of carbonyl (C=O) groups excluding carboxylic acids is 1. The monoisotopic (exact) mass is 539 g/mol. The normalized spacial score (nSPS) is 21.7. The number of halogens is 3. The summed E-state index contributed by atoms with van der Waals surface area (Å²) >= 11 is 0. The molecule has 1 N–H and O–H groups in total. The van der Waals surface area contributed by atoms with E-state index in [2.05, 4.69) is 4.98 Å². The van der Waals surface area contributed by atoms with E-state index in [9.17, 15) is 27.9 Å². The zero-order valence-corrected chi connectivity index (χ0v) is 21.6. The molecule has 1 aliphatic carbocycles. The van der Waals surface area contributed by atoms with Crippen LogP contribution in [0.1, 0.15) is 50.0 Å². The molecule has 1 spiro atoms. The molecule has 6 nitrogen and oxygen atoms in total. The number of amides is 1. The second-order valence-corrected chi connectivity index (χ2v) is 10.9. The van der Waals surface area contributed by atoms with Crippen LogP contribution in [-0.2, 0) is 11.3 Å². The first kappa shape index (κ1) is 27.1. The summed E-state index contributed by atoms with van der Waals surface area (Å²) in [6.45, 7) is 0.317. The Morgan fingerprint density at radius 3 is 2.26 bits per heavy atom. The topological polar surface area (TPSA) is 75.4 Å². The van der Waals surface area contributed by atoms with E-state index < -0.39 is 35.4 Å². The molecule has 1 saturated heterocycles. The summed E-state index contributed by atoms with van der Waals surface area (Å²) in [6.07, 6.45) is -0.646. The van der Waals surface area contributed by atoms with Crippen LogP contribution < -0.4 is 5.56 Å². The Morgan fingerprint density at radius 1 is 1.00 bits per heavy atom. The smallest absolute Gasteiger partial charge is 0.387 e. The molecule has 39 heavy (non-hydrogen) atoms. The fraction of sp³-hybridized carbons (Fsp3) is 0.433. The number of carbonyl (C=O) groups is 1. The molecule has 1 saturated carbocycles. The van der Waals surface area contributed by atoms with Crippen LogP contribution in [0.4, 0.5) is 13.2 Å². The van der Waals surface area contributed by atoms with Gasteiger partial charge in [0.1, 0.15) is 0 Å². The van der Waals surface area contributed by atoms with Crippen LogP contribution in [0.2, 0.25) is 0 Å². The lowest BCUT2D eigenvalue weighted by molar-refractivity contribution is -0.171. The minimum Gasteiger partial charge on any atom is -0.387 e. The summed E-state index contributed by atoms with van der Waals surface area (Å²) in [7, 11) is 0. The maximum Gasteiger partial charge on any atom is 0.396 e. The third-order valence-corrected chi connectivity index (χ3v) is 8.55. The van der Waals surface area contributed by atoms with Crippen LogP contribution in [0.25, 0.3) is 11.3 Å². The first-order valence-electron chi connectivity index (χ1n) is 13.3. The van der Waals surface area contributed by atoms with Gasteiger partial charge in [-0.1, -0.05) is 73.5 Å². The maximum atomic E-state index is 13.9. The van der Waals surface area contributed by atoms with Gasteiger partial charge in [-0.15, -0.1) is 0 Å². The van der Waals surface area contributed by atoms with Gasteiger partial charge in [-0.25, -0.2) is 4.98 Å². The van der Waals surface area contributed by atoms with E-state index >= 15 is 0 Å². The summed E-state index contributed by atoms with van der Waals surface area (Å²) in [5.74, 6) is -2.46. The van der Waals surface area contributed by atoms with Gasteiger partial charge in [-0.05, 0) is 24.8 Å². The third kappa shape index (κ3) is 5.50. The van der Waals surface area contributed by atoms with Crippen LogP contribution in [-0.4, -0.2) is 50.3 Å². The lowest BCUT2D eigenvalue weighted by Crippen LogP contribution is -2.62. The fourth-order valence-electron chi connectivity index (χ4n) is 6.32. The molecule has 9 heteroatoms. The van der Waals surface area contributed by atoms with Crippen LogP contribution >= 0.6 is 0 Å². The molecule has 2 aromatic carbocycles. The number of benzene rings is 2. The molecule has 1 aliphatic heterocycles. The van der Waals surface area contributed by atoms with E-state index in [4.69, 9.17) is 0 Å². The van der Waals surface area contributed by atoms with E-state index in [1.165, 1.54) is 46.1 Å². The Morgan fingerprint density at radius 2 is 1.64 bits per heavy atom. The van der Waals surface area contributed by atoms with Crippen molar-refractivity contribution in [3.05, 3.63) is 89.0 Å². The van der Waals surface area contributed by atoms with Crippen molar-refractivity contribution in [2.75, 3.05) is 13.1 Å². The number of nitrogens with zero attached hydrogens (tertiary/aromatic N) is 3. The van der Waals surface area contributed by atoms with Crippen molar-refractivity contribution in [3.63, 3.8) is 0 Å². The van der Waals surface area contributed by atoms with Crippen molar-refractivity contribution in [1.29, 1.82) is 0 Å². The molecule has 1 amide bonds. The summed E-state index contributed by atoms with van der Waals surface area (Å²) < 4.78 is 43.2. The van der Waals surface area contributed by atoms with Crippen LogP contribution in [0, 0.1) is 5.41 Å². The van der Waals surface area contributed by atoms with Gasteiger partial charge >= 0.3 is 6.18 Å². The predicted octanol–water partition coefficient (Wildman–Crippen LogP) is 5.17. The van der Waals surface area contributed by atoms with Gasteiger partial charge in [0.05, 0.1) is 30.1 Å². The van der Waals surface area contributed by atoms with Crippen LogP contribution in [0.15, 0.2) is 77.9 Å². The summed E-state index contributed by atoms with van der Waals surface area (Å²) in [5.41, 5.74) is -0.861. The Hall–Kier alpha value is -3.46. The highest BCUT2D eigenvalue weighted by atomic mass is 19.4. The van der Waals surface area contributed by atoms with E-state index in [0.29, 0.717) is 18.5 Å². The van der Waals surface area contributed by atoms with Crippen molar-refractivity contribution in [1.82, 2.24) is 14.5 Å². The molecule has 5 rings (SSSR count). The number of rotatable bonds is 6. The number of piperidine rings is 1. The first-order chi connectivity index (χ1) is 18.6. The van der Waals surface area contributed by atoms with Gasteiger partial charge in [0.15, 0.2) is 0 Å². The Balaban J connectivity index is 1.35. The van der Waals surface area contributed by atoms with E-state index in [1.807, 2.05) is 30.3 Å². The molecular weight excluding hydrogens is 507 g/mol. The quantitative estimate of drug-likeness (QED) is 0.469. The highest BCUT2D eigenvalue weighted by molar-refractivity contribution is 5.77. The molecule has 3 aromatic rings. The largest absolute Gasteiger partial charge is 0.396 e. The molecule has 2 heterocycles. The van der Waals surface area contributed by atoms with Crippen molar-refractivity contribution >= 4 is 5.91 Å². The number of hydrogen-bond donors (Lipinski definition) is 1. The Bertz CT molecular complexity index is 1350. The maximum absolute atomic E-state index is 13.9. The van der Waals surface area contributed by atoms with Gasteiger partial charge in [-0.2, -0.15) is 13.2 Å². The molecule has 2 fully saturated rings. The summed E-state index contributed by atoms with van der Waals surface area (Å²) in [4.78, 5) is 32.2. The Labute approximate surface area is 225 Å². The van der Waals surface area contributed by atoms with Gasteiger partial charge in [0.25, 0.3) is 5.56 Å². The third-order valence-electron chi connectivity index (χ3n) is 8.55. The molecule has 0 radical (unpaired) electrons. The molecule has 0 bridgehead atoms. The van der Waals surface area contributed by atoms with Gasteiger partial charge in [0.2, 0.25) is 5.91 Å². The van der Waals surface area contributed by atoms with E-state index in [-0.39, 0.29) is 37.2 Å². The number of alkyl halides is 3. The average molecular weight is 540 g/mol. The van der Waals surface area contributed by atoms with Gasteiger partial charge < -0.3 is 10.0 Å². The number of likely N-dealkylation sites (tertiary alicyclic amines) is 1. The number of hydrogen-bond acceptors (Lipinski definition) is 4. The van der Waals surface area contributed by atoms with E-state index in [1.54, 1.807) is 6.07 Å². The molecule has 206 valence electrons. The molecule has 0 unspecified atom stereocenters. The highest BCUT2D eigenvalue weighted by Gasteiger charge is 2.56. The van der Waals surface area contributed by atoms with Crippen molar-refractivity contribution in [2.45, 2.75) is 62.8 Å². The molecule has 2 atom stereocenters. The summed E-state index contributed by atoms with van der Waals surface area (Å²) in [6, 6.07) is 18.3. The minimum absolute atomic E-state index is 0.0190. The molecular formula is C30H32F3N3O3. The molecule has 2 aliphatic rings. The predicted molar refractivity (Wildman–Crippen MR) is 141 cm³/mol. The van der Waals surface area contributed by atoms with Crippen molar-refractivity contribution in [2.24, 2.45) is 5.41 Å². The van der Waals surface area contributed by atoms with Crippen molar-refractivity contribution < 1.29 is 23.1 Å². The van der Waals surface area contributed by atoms with Crippen molar-refractivity contribution in [3.8, 4) is 11.3 Å². The first-order valence-corrected chi connectivity index (χ1v) is 13.3. The fourth-order valence-corrected chi connectivity index (χ4v) is 6.32. The lowest BCUT2D eigenvalue weighted by Gasteiger charge is -2.52. The second kappa shape index (κ2) is 10.6. The van der Waals surface area contributed by atoms with Crippen LogP contribution in [0.5, 0.6) is 0 Å². The minimum atomic E-state index is -4.56. The zero-order valence-electron chi connectivity index (χ0n) is 21.6. The highest BCUT2D eigenvalue weighted by Crippen LogP contribution is 2.52. The van der Waals surface area contributed by atoms with Crippen LogP contribution in [0.3, 0.4) is 0 Å². The second-order valence-electron chi connectivity index (χ2n) is 10.9. The Kier molecular flexibility index (Phi) is 7.37. The van der Waals surface area contributed by atoms with E-state index in [0.717, 1.165) is 18.4 Å². The number of aliphatic hydroxyl groups is 1.